The lowest BCUT2D eigenvalue weighted by Gasteiger charge is -1.92. The number of H-pyrrole nitrogens is 1. The third-order valence-corrected chi connectivity index (χ3v) is 2.36. The number of pyridine rings is 1. The lowest BCUT2D eigenvalue weighted by atomic mass is 10.2. The normalized spacial score (nSPS) is 9.88. The highest BCUT2D eigenvalue weighted by atomic mass is 14.8. The van der Waals surface area contributed by atoms with Crippen LogP contribution < -0.4 is 0 Å². The molecule has 4 nitrogen and oxygen atoms in total. The summed E-state index contributed by atoms with van der Waals surface area (Å²) in [5, 5.41) is 1.02. The average Bonchev–Trinajstić information content (AvgIpc) is 2.86. The number of fused-ring (bicyclic) bond motifs is 1. The topological polar surface area (TPSA) is 54.5 Å². The van der Waals surface area contributed by atoms with Gasteiger partial charge in [0, 0.05) is 35.7 Å². The molecule has 0 aliphatic rings. The summed E-state index contributed by atoms with van der Waals surface area (Å²) in [6.45, 7) is 0. The molecule has 1 N–H and O–H groups in total. The van der Waals surface area contributed by atoms with Crippen molar-refractivity contribution in [3.05, 3.63) is 54.4 Å². The van der Waals surface area contributed by atoms with Crippen LogP contribution in [0.4, 0.5) is 0 Å². The third-order valence-electron chi connectivity index (χ3n) is 2.36. The minimum atomic E-state index is 0.799. The van der Waals surface area contributed by atoms with Gasteiger partial charge in [0.2, 0.25) is 0 Å². The van der Waals surface area contributed by atoms with Gasteiger partial charge >= 0.3 is 0 Å². The van der Waals surface area contributed by atoms with E-state index >= 15 is 0 Å². The summed E-state index contributed by atoms with van der Waals surface area (Å²) in [6.07, 6.45) is 8.46. The molecule has 0 fully saturated rings. The van der Waals surface area contributed by atoms with Crippen molar-refractivity contribution >= 4 is 11.0 Å². The molecule has 0 bridgehead atoms. The Kier molecular flexibility index (Phi) is 2.28. The molecule has 4 heteroatoms. The van der Waals surface area contributed by atoms with E-state index in [0.29, 0.717) is 0 Å². The zero-order valence-electron chi connectivity index (χ0n) is 8.88. The molecule has 0 spiro atoms. The molecule has 0 amide bonds. The molecule has 3 rings (SSSR count). The van der Waals surface area contributed by atoms with Crippen LogP contribution in [0.2, 0.25) is 0 Å². The van der Waals surface area contributed by atoms with E-state index in [-0.39, 0.29) is 0 Å². The van der Waals surface area contributed by atoms with Gasteiger partial charge in [-0.25, -0.2) is 15.0 Å². The van der Waals surface area contributed by atoms with Crippen LogP contribution in [0.15, 0.2) is 43.2 Å². The fourth-order valence-corrected chi connectivity index (χ4v) is 1.57. The van der Waals surface area contributed by atoms with Gasteiger partial charge in [-0.15, -0.1) is 0 Å². The number of hydrogen-bond donors (Lipinski definition) is 1. The highest BCUT2D eigenvalue weighted by molar-refractivity contribution is 5.82. The third kappa shape index (κ3) is 1.86. The number of nitrogens with one attached hydrogen (secondary N) is 1. The van der Waals surface area contributed by atoms with Gasteiger partial charge in [-0.2, -0.15) is 0 Å². The average molecular weight is 220 g/mol. The highest BCUT2D eigenvalue weighted by Crippen LogP contribution is 2.13. The number of aromatic amines is 1. The van der Waals surface area contributed by atoms with E-state index in [1.54, 1.807) is 18.6 Å². The zero-order chi connectivity index (χ0) is 11.5. The molecule has 0 unspecified atom stereocenters. The SMILES string of the molecule is C(#Cc1ccnc2[nH]ccc12)c1cncnc1. The van der Waals surface area contributed by atoms with Crippen molar-refractivity contribution in [1.82, 2.24) is 19.9 Å². The smallest absolute Gasteiger partial charge is 0.138 e. The predicted octanol–water partition coefficient (Wildman–Crippen LogP) is 1.75. The fraction of sp³-hybridized carbons (Fsp3) is 0. The Labute approximate surface area is 97.8 Å². The Morgan fingerprint density at radius 3 is 2.82 bits per heavy atom. The van der Waals surface area contributed by atoms with Crippen molar-refractivity contribution in [1.29, 1.82) is 0 Å². The maximum atomic E-state index is 4.21. The number of aromatic nitrogens is 4. The van der Waals surface area contributed by atoms with Crippen LogP contribution in [0.25, 0.3) is 11.0 Å². The molecular weight excluding hydrogens is 212 g/mol. The van der Waals surface area contributed by atoms with E-state index in [2.05, 4.69) is 31.8 Å². The standard InChI is InChI=1S/C13H8N4/c1(10-7-14-9-15-8-10)2-11-3-5-16-13-12(11)4-6-17-13/h3-9H,(H,16,17). The Morgan fingerprint density at radius 1 is 1.06 bits per heavy atom. The van der Waals surface area contributed by atoms with Crippen molar-refractivity contribution in [3.63, 3.8) is 0 Å². The van der Waals surface area contributed by atoms with Crippen LogP contribution in [-0.4, -0.2) is 19.9 Å². The van der Waals surface area contributed by atoms with Crippen LogP contribution >= 0.6 is 0 Å². The molecule has 3 aromatic heterocycles. The number of rotatable bonds is 0. The van der Waals surface area contributed by atoms with Crippen molar-refractivity contribution in [2.24, 2.45) is 0 Å². The van der Waals surface area contributed by atoms with Crippen LogP contribution in [0.1, 0.15) is 11.1 Å². The van der Waals surface area contributed by atoms with Crippen LogP contribution in [-0.2, 0) is 0 Å². The first-order valence-corrected chi connectivity index (χ1v) is 5.12. The number of hydrogen-bond acceptors (Lipinski definition) is 3. The molecule has 80 valence electrons. The van der Waals surface area contributed by atoms with E-state index in [4.69, 9.17) is 0 Å². The molecule has 0 saturated carbocycles. The molecule has 3 heterocycles. The molecule has 0 aliphatic heterocycles. The molecule has 0 aliphatic carbocycles. The van der Waals surface area contributed by atoms with Crippen LogP contribution in [0.3, 0.4) is 0 Å². The van der Waals surface area contributed by atoms with E-state index in [1.807, 2.05) is 18.3 Å². The molecule has 0 radical (unpaired) electrons. The largest absolute Gasteiger partial charge is 0.346 e. The first-order valence-electron chi connectivity index (χ1n) is 5.12. The van der Waals surface area contributed by atoms with Crippen molar-refractivity contribution < 1.29 is 0 Å². The summed E-state index contributed by atoms with van der Waals surface area (Å²) in [5.74, 6) is 6.13. The maximum Gasteiger partial charge on any atom is 0.138 e. The summed E-state index contributed by atoms with van der Waals surface area (Å²) in [4.78, 5) is 15.1. The fourth-order valence-electron chi connectivity index (χ4n) is 1.57. The molecule has 0 atom stereocenters. The van der Waals surface area contributed by atoms with Gasteiger partial charge in [-0.1, -0.05) is 11.8 Å². The summed E-state index contributed by atoms with van der Waals surface area (Å²) in [7, 11) is 0. The second-order valence-electron chi connectivity index (χ2n) is 3.48. The zero-order valence-corrected chi connectivity index (χ0v) is 8.88. The van der Waals surface area contributed by atoms with Crippen molar-refractivity contribution in [2.75, 3.05) is 0 Å². The maximum absolute atomic E-state index is 4.21. The first-order chi connectivity index (χ1) is 8.43. The first kappa shape index (κ1) is 9.55. The Hall–Kier alpha value is -2.67. The molecule has 3 aromatic rings. The highest BCUT2D eigenvalue weighted by Gasteiger charge is 1.98. The minimum Gasteiger partial charge on any atom is -0.346 e. The van der Waals surface area contributed by atoms with Gasteiger partial charge in [0.05, 0.1) is 5.56 Å². The quantitative estimate of drug-likeness (QED) is 0.587. The van der Waals surface area contributed by atoms with Crippen molar-refractivity contribution in [3.8, 4) is 11.8 Å². The second-order valence-corrected chi connectivity index (χ2v) is 3.48. The monoisotopic (exact) mass is 220 g/mol. The van der Waals surface area contributed by atoms with Crippen LogP contribution in [0.5, 0.6) is 0 Å². The Morgan fingerprint density at radius 2 is 1.94 bits per heavy atom. The lowest BCUT2D eigenvalue weighted by Crippen LogP contribution is -1.82. The molecule has 0 aromatic carbocycles. The number of nitrogens with zero attached hydrogens (tertiary/aromatic N) is 3. The van der Waals surface area contributed by atoms with Gasteiger partial charge in [0.1, 0.15) is 12.0 Å². The van der Waals surface area contributed by atoms with E-state index < -0.39 is 0 Å². The molecule has 17 heavy (non-hydrogen) atoms. The lowest BCUT2D eigenvalue weighted by molar-refractivity contribution is 1.16. The van der Waals surface area contributed by atoms with Gasteiger partial charge in [0.15, 0.2) is 0 Å². The van der Waals surface area contributed by atoms with Gasteiger partial charge in [-0.05, 0) is 12.1 Å². The summed E-state index contributed by atoms with van der Waals surface area (Å²) in [5.41, 5.74) is 2.59. The second kappa shape index (κ2) is 4.06. The van der Waals surface area contributed by atoms with Crippen molar-refractivity contribution in [2.45, 2.75) is 0 Å². The Bertz CT molecular complexity index is 704. The van der Waals surface area contributed by atoms with Crippen LogP contribution in [0, 0.1) is 11.8 Å². The summed E-state index contributed by atoms with van der Waals surface area (Å²) >= 11 is 0. The van der Waals surface area contributed by atoms with E-state index in [1.165, 1.54) is 6.33 Å². The Balaban J connectivity index is 2.06. The molecular formula is C13H8N4. The summed E-state index contributed by atoms with van der Waals surface area (Å²) < 4.78 is 0. The van der Waals surface area contributed by atoms with Gasteiger partial charge in [-0.3, -0.25) is 0 Å². The summed E-state index contributed by atoms with van der Waals surface area (Å²) in [6, 6.07) is 3.86. The predicted molar refractivity (Wildman–Crippen MR) is 64.1 cm³/mol. The molecule has 0 saturated heterocycles. The van der Waals surface area contributed by atoms with E-state index in [9.17, 15) is 0 Å². The van der Waals surface area contributed by atoms with E-state index in [0.717, 1.165) is 22.2 Å². The van der Waals surface area contributed by atoms with Gasteiger partial charge < -0.3 is 4.98 Å². The minimum absolute atomic E-state index is 0.799. The van der Waals surface area contributed by atoms with Gasteiger partial charge in [0.25, 0.3) is 0 Å².